The Balaban J connectivity index is 1.71. The molecule has 2 amide bonds. The largest absolute Gasteiger partial charge is 0.365 e. The summed E-state index contributed by atoms with van der Waals surface area (Å²) in [5.74, 6) is -0.194. The van der Waals surface area contributed by atoms with Gasteiger partial charge < -0.3 is 11.1 Å². The summed E-state index contributed by atoms with van der Waals surface area (Å²) in [7, 11) is 1.94. The molecular weight excluding hydrogens is 404 g/mol. The van der Waals surface area contributed by atoms with Gasteiger partial charge in [0.05, 0.1) is 22.8 Å². The molecule has 0 aromatic carbocycles. The van der Waals surface area contributed by atoms with Crippen LogP contribution in [-0.2, 0) is 17.6 Å². The Morgan fingerprint density at radius 1 is 1.21 bits per heavy atom. The molecular formula is C21H30N4O2S2. The van der Waals surface area contributed by atoms with E-state index in [0.29, 0.717) is 16.5 Å². The van der Waals surface area contributed by atoms with E-state index in [1.165, 1.54) is 21.1 Å². The molecule has 1 atom stereocenters. The lowest BCUT2D eigenvalue weighted by Gasteiger charge is -2.23. The molecule has 0 aliphatic heterocycles. The van der Waals surface area contributed by atoms with Crippen molar-refractivity contribution in [1.29, 1.82) is 0 Å². The molecule has 3 rings (SSSR count). The maximum Gasteiger partial charge on any atom is 0.251 e. The first kappa shape index (κ1) is 21.9. The van der Waals surface area contributed by atoms with Crippen LogP contribution < -0.4 is 11.1 Å². The Hall–Kier alpha value is -1.77. The molecule has 1 unspecified atom stereocenters. The van der Waals surface area contributed by atoms with E-state index in [9.17, 15) is 9.59 Å². The molecule has 3 N–H and O–H groups in total. The summed E-state index contributed by atoms with van der Waals surface area (Å²) in [5.41, 5.74) is 8.20. The van der Waals surface area contributed by atoms with Gasteiger partial charge in [-0.25, -0.2) is 4.98 Å². The number of rotatable bonds is 7. The van der Waals surface area contributed by atoms with Crippen molar-refractivity contribution in [2.45, 2.75) is 65.3 Å². The van der Waals surface area contributed by atoms with Crippen LogP contribution in [0.3, 0.4) is 0 Å². The first-order chi connectivity index (χ1) is 13.7. The Morgan fingerprint density at radius 3 is 2.52 bits per heavy atom. The number of thiazole rings is 1. The van der Waals surface area contributed by atoms with Gasteiger partial charge >= 0.3 is 0 Å². The third-order valence-electron chi connectivity index (χ3n) is 5.45. The average molecular weight is 435 g/mol. The standard InChI is InChI=1S/C21H30N4O2S2/c1-11(2)20-23-12(3)18(29-20)13(4)25(5)10-16(26)24-21-17(19(22)27)14-8-6-7-9-15(14)28-21/h11,13H,6-10H2,1-5H3,(H2,22,27)(H,24,26). The zero-order valence-corrected chi connectivity index (χ0v) is 19.4. The minimum atomic E-state index is -0.456. The number of primary amides is 1. The minimum Gasteiger partial charge on any atom is -0.365 e. The predicted octanol–water partition coefficient (Wildman–Crippen LogP) is 4.25. The van der Waals surface area contributed by atoms with Crippen molar-refractivity contribution in [3.05, 3.63) is 31.6 Å². The predicted molar refractivity (Wildman–Crippen MR) is 120 cm³/mol. The number of carbonyl (C=O) groups is 2. The quantitative estimate of drug-likeness (QED) is 0.682. The van der Waals surface area contributed by atoms with Crippen LogP contribution in [0.4, 0.5) is 5.00 Å². The Morgan fingerprint density at radius 2 is 1.90 bits per heavy atom. The van der Waals surface area contributed by atoms with E-state index in [1.54, 1.807) is 11.3 Å². The number of carbonyl (C=O) groups excluding carboxylic acids is 2. The average Bonchev–Trinajstić information content (AvgIpc) is 3.21. The zero-order chi connectivity index (χ0) is 21.3. The van der Waals surface area contributed by atoms with E-state index in [2.05, 4.69) is 31.1 Å². The molecule has 0 bridgehead atoms. The molecule has 158 valence electrons. The van der Waals surface area contributed by atoms with Crippen molar-refractivity contribution >= 4 is 39.5 Å². The van der Waals surface area contributed by atoms with Crippen LogP contribution in [0.1, 0.15) is 81.9 Å². The molecule has 0 saturated heterocycles. The van der Waals surface area contributed by atoms with Crippen molar-refractivity contribution in [1.82, 2.24) is 9.88 Å². The smallest absolute Gasteiger partial charge is 0.251 e. The molecule has 0 fully saturated rings. The maximum absolute atomic E-state index is 12.7. The van der Waals surface area contributed by atoms with Gasteiger partial charge in [-0.3, -0.25) is 14.5 Å². The lowest BCUT2D eigenvalue weighted by molar-refractivity contribution is -0.117. The lowest BCUT2D eigenvalue weighted by Crippen LogP contribution is -2.32. The van der Waals surface area contributed by atoms with Crippen molar-refractivity contribution in [3.8, 4) is 0 Å². The first-order valence-electron chi connectivity index (χ1n) is 10.1. The van der Waals surface area contributed by atoms with Gasteiger partial charge in [0.1, 0.15) is 5.00 Å². The number of nitrogens with zero attached hydrogens (tertiary/aromatic N) is 2. The number of hydrogen-bond acceptors (Lipinski definition) is 6. The molecule has 2 heterocycles. The molecule has 0 saturated carbocycles. The fraction of sp³-hybridized carbons (Fsp3) is 0.571. The van der Waals surface area contributed by atoms with Gasteiger partial charge in [-0.2, -0.15) is 0 Å². The van der Waals surface area contributed by atoms with Gasteiger partial charge in [0, 0.05) is 21.7 Å². The summed E-state index contributed by atoms with van der Waals surface area (Å²) >= 11 is 3.22. The number of likely N-dealkylation sites (N-methyl/N-ethyl adjacent to an activating group) is 1. The van der Waals surface area contributed by atoms with Crippen LogP contribution in [0.5, 0.6) is 0 Å². The lowest BCUT2D eigenvalue weighted by atomic mass is 9.95. The van der Waals surface area contributed by atoms with Crippen LogP contribution in [0.25, 0.3) is 0 Å². The van der Waals surface area contributed by atoms with E-state index in [4.69, 9.17) is 5.73 Å². The van der Waals surface area contributed by atoms with Crippen LogP contribution in [0, 0.1) is 6.92 Å². The molecule has 0 spiro atoms. The molecule has 2 aromatic heterocycles. The molecule has 6 nitrogen and oxygen atoms in total. The summed E-state index contributed by atoms with van der Waals surface area (Å²) in [4.78, 5) is 33.8. The van der Waals surface area contributed by atoms with Crippen molar-refractivity contribution < 1.29 is 9.59 Å². The Labute approximate surface area is 180 Å². The van der Waals surface area contributed by atoms with Crippen LogP contribution in [-0.4, -0.2) is 35.3 Å². The SMILES string of the molecule is Cc1nc(C(C)C)sc1C(C)N(C)CC(=O)Nc1sc2c(c1C(N)=O)CCCC2. The molecule has 1 aliphatic rings. The number of aryl methyl sites for hydroxylation is 2. The first-order valence-corrected chi connectivity index (χ1v) is 11.7. The van der Waals surface area contributed by atoms with Crippen LogP contribution >= 0.6 is 22.7 Å². The Kier molecular flexibility index (Phi) is 6.76. The summed E-state index contributed by atoms with van der Waals surface area (Å²) in [5, 5.41) is 4.68. The molecule has 2 aromatic rings. The monoisotopic (exact) mass is 434 g/mol. The number of anilines is 1. The number of aromatic nitrogens is 1. The summed E-state index contributed by atoms with van der Waals surface area (Å²) < 4.78 is 0. The number of fused-ring (bicyclic) bond motifs is 1. The molecule has 1 aliphatic carbocycles. The number of hydrogen-bond donors (Lipinski definition) is 2. The maximum atomic E-state index is 12.7. The van der Waals surface area contributed by atoms with E-state index >= 15 is 0 Å². The van der Waals surface area contributed by atoms with Gasteiger partial charge in [0.25, 0.3) is 5.91 Å². The van der Waals surface area contributed by atoms with Gasteiger partial charge in [0.15, 0.2) is 0 Å². The third kappa shape index (κ3) is 4.70. The molecule has 29 heavy (non-hydrogen) atoms. The molecule has 0 radical (unpaired) electrons. The van der Waals surface area contributed by atoms with E-state index in [1.807, 2.05) is 18.9 Å². The van der Waals surface area contributed by atoms with Crippen molar-refractivity contribution in [2.75, 3.05) is 18.9 Å². The Bertz CT molecular complexity index is 916. The number of amides is 2. The molecule has 8 heteroatoms. The van der Waals surface area contributed by atoms with Crippen LogP contribution in [0.15, 0.2) is 0 Å². The second kappa shape index (κ2) is 8.93. The van der Waals surface area contributed by atoms with Gasteiger partial charge in [0.2, 0.25) is 5.91 Å². The van der Waals surface area contributed by atoms with Gasteiger partial charge in [-0.05, 0) is 52.1 Å². The second-order valence-electron chi connectivity index (χ2n) is 8.08. The van der Waals surface area contributed by atoms with E-state index in [-0.39, 0.29) is 18.5 Å². The topological polar surface area (TPSA) is 88.3 Å². The highest BCUT2D eigenvalue weighted by Crippen LogP contribution is 2.38. The number of nitrogens with one attached hydrogen (secondary N) is 1. The minimum absolute atomic E-state index is 0.0814. The highest BCUT2D eigenvalue weighted by atomic mass is 32.1. The van der Waals surface area contributed by atoms with Crippen molar-refractivity contribution in [2.24, 2.45) is 5.73 Å². The van der Waals surface area contributed by atoms with Crippen LogP contribution in [0.2, 0.25) is 0 Å². The summed E-state index contributed by atoms with van der Waals surface area (Å²) in [6, 6.07) is 0.0814. The third-order valence-corrected chi connectivity index (χ3v) is 8.28. The second-order valence-corrected chi connectivity index (χ2v) is 10.2. The highest BCUT2D eigenvalue weighted by Gasteiger charge is 2.26. The zero-order valence-electron chi connectivity index (χ0n) is 17.8. The van der Waals surface area contributed by atoms with Gasteiger partial charge in [-0.15, -0.1) is 22.7 Å². The summed E-state index contributed by atoms with van der Waals surface area (Å²) in [6.45, 7) is 8.63. The highest BCUT2D eigenvalue weighted by molar-refractivity contribution is 7.17. The number of nitrogens with two attached hydrogens (primary N) is 1. The van der Waals surface area contributed by atoms with Crippen molar-refractivity contribution in [3.63, 3.8) is 0 Å². The number of thiophene rings is 1. The van der Waals surface area contributed by atoms with E-state index in [0.717, 1.165) is 41.9 Å². The normalized spacial score (nSPS) is 14.9. The fourth-order valence-corrected chi connectivity index (χ4v) is 6.21. The van der Waals surface area contributed by atoms with E-state index < -0.39 is 5.91 Å². The fourth-order valence-electron chi connectivity index (χ4n) is 3.71. The summed E-state index contributed by atoms with van der Waals surface area (Å²) in [6.07, 6.45) is 3.99. The van der Waals surface area contributed by atoms with Gasteiger partial charge in [-0.1, -0.05) is 13.8 Å².